The van der Waals surface area contributed by atoms with Crippen molar-refractivity contribution in [1.82, 2.24) is 0 Å². The molecule has 0 aliphatic rings. The van der Waals surface area contributed by atoms with Gasteiger partial charge in [0.15, 0.2) is 6.79 Å². The molecule has 15 heavy (non-hydrogen) atoms. The predicted molar refractivity (Wildman–Crippen MR) is 65.4 cm³/mol. The molecule has 0 saturated carbocycles. The summed E-state index contributed by atoms with van der Waals surface area (Å²) in [5, 5.41) is 0. The Morgan fingerprint density at radius 3 is 2.67 bits per heavy atom. The second kappa shape index (κ2) is 6.13. The third-order valence-electron chi connectivity index (χ3n) is 2.47. The third kappa shape index (κ3) is 3.50. The van der Waals surface area contributed by atoms with Crippen LogP contribution in [0, 0.1) is 0 Å². The van der Waals surface area contributed by atoms with Gasteiger partial charge in [0.2, 0.25) is 0 Å². The van der Waals surface area contributed by atoms with Gasteiger partial charge in [0.1, 0.15) is 5.75 Å². The van der Waals surface area contributed by atoms with Crippen molar-refractivity contribution in [3.63, 3.8) is 0 Å². The van der Waals surface area contributed by atoms with Gasteiger partial charge in [0.25, 0.3) is 0 Å². The first kappa shape index (κ1) is 12.5. The van der Waals surface area contributed by atoms with Gasteiger partial charge >= 0.3 is 0 Å². The molecule has 0 N–H and O–H groups in total. The minimum atomic E-state index is 0.279. The molecule has 1 aromatic carbocycles. The molecule has 2 nitrogen and oxygen atoms in total. The van der Waals surface area contributed by atoms with Crippen molar-refractivity contribution in [2.24, 2.45) is 0 Å². The standard InChI is InChI=1S/C12H17BrO2/c1-4-9(2)10-5-6-12(11(13)7-10)15-8-14-3/h5-7,9H,4,8H2,1-3H3. The highest BCUT2D eigenvalue weighted by Gasteiger charge is 2.06. The van der Waals surface area contributed by atoms with Crippen molar-refractivity contribution in [1.29, 1.82) is 0 Å². The van der Waals surface area contributed by atoms with Crippen molar-refractivity contribution >= 4 is 15.9 Å². The van der Waals surface area contributed by atoms with Crippen LogP contribution in [0.25, 0.3) is 0 Å². The molecule has 3 heteroatoms. The van der Waals surface area contributed by atoms with Crippen LogP contribution in [0.2, 0.25) is 0 Å². The first-order valence-electron chi connectivity index (χ1n) is 5.10. The molecule has 0 saturated heterocycles. The van der Waals surface area contributed by atoms with Gasteiger partial charge in [-0.15, -0.1) is 0 Å². The summed E-state index contributed by atoms with van der Waals surface area (Å²) >= 11 is 3.49. The SMILES string of the molecule is CCC(C)c1ccc(OCOC)c(Br)c1. The maximum Gasteiger partial charge on any atom is 0.188 e. The number of halogens is 1. The summed E-state index contributed by atoms with van der Waals surface area (Å²) in [6.45, 7) is 4.69. The molecule has 84 valence electrons. The monoisotopic (exact) mass is 272 g/mol. The molecule has 1 aromatic rings. The quantitative estimate of drug-likeness (QED) is 0.756. The summed E-state index contributed by atoms with van der Waals surface area (Å²) in [7, 11) is 1.61. The lowest BCUT2D eigenvalue weighted by Crippen LogP contribution is -2.00. The highest BCUT2D eigenvalue weighted by molar-refractivity contribution is 9.10. The zero-order chi connectivity index (χ0) is 11.3. The van der Waals surface area contributed by atoms with Gasteiger partial charge in [-0.2, -0.15) is 0 Å². The van der Waals surface area contributed by atoms with Gasteiger partial charge in [-0.05, 0) is 46.0 Å². The normalized spacial score (nSPS) is 12.5. The minimum absolute atomic E-state index is 0.279. The van der Waals surface area contributed by atoms with Crippen LogP contribution >= 0.6 is 15.9 Å². The molecular weight excluding hydrogens is 256 g/mol. The topological polar surface area (TPSA) is 18.5 Å². The maximum absolute atomic E-state index is 5.39. The molecule has 0 amide bonds. The van der Waals surface area contributed by atoms with Gasteiger partial charge in [-0.1, -0.05) is 19.9 Å². The van der Waals surface area contributed by atoms with Crippen LogP contribution in [-0.2, 0) is 4.74 Å². The zero-order valence-corrected chi connectivity index (χ0v) is 11.0. The first-order chi connectivity index (χ1) is 7.19. The van der Waals surface area contributed by atoms with Crippen LogP contribution < -0.4 is 4.74 Å². The molecule has 0 aliphatic carbocycles. The lowest BCUT2D eigenvalue weighted by molar-refractivity contribution is 0.0505. The van der Waals surface area contributed by atoms with Crippen molar-refractivity contribution < 1.29 is 9.47 Å². The van der Waals surface area contributed by atoms with Gasteiger partial charge in [0.05, 0.1) is 4.47 Å². The van der Waals surface area contributed by atoms with E-state index < -0.39 is 0 Å². The fourth-order valence-corrected chi connectivity index (χ4v) is 1.81. The van der Waals surface area contributed by atoms with Crippen molar-refractivity contribution in [2.45, 2.75) is 26.2 Å². The molecule has 1 atom stereocenters. The number of hydrogen-bond acceptors (Lipinski definition) is 2. The summed E-state index contributed by atoms with van der Waals surface area (Å²) in [5.74, 6) is 1.40. The lowest BCUT2D eigenvalue weighted by Gasteiger charge is -2.12. The van der Waals surface area contributed by atoms with Crippen LogP contribution in [0.15, 0.2) is 22.7 Å². The van der Waals surface area contributed by atoms with E-state index in [1.807, 2.05) is 6.07 Å². The Kier molecular flexibility index (Phi) is 5.12. The summed E-state index contributed by atoms with van der Waals surface area (Å²) in [6, 6.07) is 6.19. The van der Waals surface area contributed by atoms with Gasteiger partial charge in [-0.25, -0.2) is 0 Å². The van der Waals surface area contributed by atoms with Crippen LogP contribution in [0.1, 0.15) is 31.7 Å². The molecule has 0 aromatic heterocycles. The highest BCUT2D eigenvalue weighted by Crippen LogP contribution is 2.29. The Morgan fingerprint density at radius 1 is 1.40 bits per heavy atom. The summed E-state index contributed by atoms with van der Waals surface area (Å²) in [6.07, 6.45) is 1.14. The molecule has 0 bridgehead atoms. The second-order valence-corrected chi connectivity index (χ2v) is 4.40. The van der Waals surface area contributed by atoms with E-state index in [9.17, 15) is 0 Å². The molecule has 1 unspecified atom stereocenters. The van der Waals surface area contributed by atoms with Crippen molar-refractivity contribution in [2.75, 3.05) is 13.9 Å². The van der Waals surface area contributed by atoms with E-state index in [1.54, 1.807) is 7.11 Å². The molecule has 0 spiro atoms. The highest BCUT2D eigenvalue weighted by atomic mass is 79.9. The van der Waals surface area contributed by atoms with Crippen LogP contribution in [0.5, 0.6) is 5.75 Å². The molecule has 0 heterocycles. The van der Waals surface area contributed by atoms with Crippen LogP contribution in [0.3, 0.4) is 0 Å². The Balaban J connectivity index is 2.78. The number of hydrogen-bond donors (Lipinski definition) is 0. The molecular formula is C12H17BrO2. The maximum atomic E-state index is 5.39. The lowest BCUT2D eigenvalue weighted by atomic mass is 9.99. The summed E-state index contributed by atoms with van der Waals surface area (Å²) in [4.78, 5) is 0. The van der Waals surface area contributed by atoms with E-state index >= 15 is 0 Å². The van der Waals surface area contributed by atoms with E-state index in [1.165, 1.54) is 5.56 Å². The Morgan fingerprint density at radius 2 is 2.13 bits per heavy atom. The van der Waals surface area contributed by atoms with E-state index in [0.29, 0.717) is 5.92 Å². The Hall–Kier alpha value is -0.540. The van der Waals surface area contributed by atoms with Crippen molar-refractivity contribution in [3.05, 3.63) is 28.2 Å². The zero-order valence-electron chi connectivity index (χ0n) is 9.42. The van der Waals surface area contributed by atoms with Crippen LogP contribution in [-0.4, -0.2) is 13.9 Å². The van der Waals surface area contributed by atoms with E-state index in [4.69, 9.17) is 9.47 Å². The summed E-state index contributed by atoms with van der Waals surface area (Å²) < 4.78 is 11.2. The van der Waals surface area contributed by atoms with Gasteiger partial charge in [0, 0.05) is 7.11 Å². The Labute approximate surface area is 99.7 Å². The van der Waals surface area contributed by atoms with E-state index in [2.05, 4.69) is 41.9 Å². The first-order valence-corrected chi connectivity index (χ1v) is 5.89. The summed E-state index contributed by atoms with van der Waals surface area (Å²) in [5.41, 5.74) is 1.33. The molecule has 1 rings (SSSR count). The predicted octanol–water partition coefficient (Wildman–Crippen LogP) is 3.95. The minimum Gasteiger partial charge on any atom is -0.466 e. The molecule has 0 aliphatic heterocycles. The van der Waals surface area contributed by atoms with Crippen LogP contribution in [0.4, 0.5) is 0 Å². The fraction of sp³-hybridized carbons (Fsp3) is 0.500. The number of benzene rings is 1. The fourth-order valence-electron chi connectivity index (χ4n) is 1.30. The Bertz CT molecular complexity index is 312. The smallest absolute Gasteiger partial charge is 0.188 e. The number of methoxy groups -OCH3 is 1. The second-order valence-electron chi connectivity index (χ2n) is 3.55. The average molecular weight is 273 g/mol. The third-order valence-corrected chi connectivity index (χ3v) is 3.09. The van der Waals surface area contributed by atoms with E-state index in [0.717, 1.165) is 16.6 Å². The average Bonchev–Trinajstić information content (AvgIpc) is 2.26. The van der Waals surface area contributed by atoms with Crippen molar-refractivity contribution in [3.8, 4) is 5.75 Å². The number of rotatable bonds is 5. The van der Waals surface area contributed by atoms with E-state index in [-0.39, 0.29) is 6.79 Å². The van der Waals surface area contributed by atoms with Gasteiger partial charge < -0.3 is 9.47 Å². The van der Waals surface area contributed by atoms with Gasteiger partial charge in [-0.3, -0.25) is 0 Å². The molecule has 0 radical (unpaired) electrons. The largest absolute Gasteiger partial charge is 0.466 e. The number of ether oxygens (including phenoxy) is 2. The molecule has 0 fully saturated rings.